The van der Waals surface area contributed by atoms with Gasteiger partial charge in [0.05, 0.1) is 5.56 Å². The highest BCUT2D eigenvalue weighted by molar-refractivity contribution is 9.10. The van der Waals surface area contributed by atoms with Crippen molar-refractivity contribution in [3.05, 3.63) is 28.5 Å². The highest BCUT2D eigenvalue weighted by Crippen LogP contribution is 2.21. The Bertz CT molecular complexity index is 461. The highest BCUT2D eigenvalue weighted by Gasteiger charge is 2.17. The maximum atomic E-state index is 12.0. The number of nitrogens with zero attached hydrogens (tertiary/aromatic N) is 2. The van der Waals surface area contributed by atoms with Crippen LogP contribution in [0.5, 0.6) is 0 Å². The van der Waals surface area contributed by atoms with Gasteiger partial charge < -0.3 is 10.2 Å². The van der Waals surface area contributed by atoms with Crippen molar-refractivity contribution < 1.29 is 4.79 Å². The van der Waals surface area contributed by atoms with Crippen molar-refractivity contribution in [3.63, 3.8) is 0 Å². The van der Waals surface area contributed by atoms with E-state index in [4.69, 9.17) is 0 Å². The van der Waals surface area contributed by atoms with Crippen molar-refractivity contribution in [2.45, 2.75) is 44.6 Å². The fraction of sp³-hybridized carbons (Fsp3) is 0.625. The molecule has 0 spiro atoms. The summed E-state index contributed by atoms with van der Waals surface area (Å²) in [5.41, 5.74) is 0.595. The molecule has 1 aliphatic rings. The minimum atomic E-state index is -0.0599. The first-order valence-electron chi connectivity index (χ1n) is 7.77. The van der Waals surface area contributed by atoms with Gasteiger partial charge in [0, 0.05) is 18.8 Å². The van der Waals surface area contributed by atoms with Crippen LogP contribution < -0.4 is 5.32 Å². The van der Waals surface area contributed by atoms with E-state index in [1.54, 1.807) is 18.3 Å². The topological polar surface area (TPSA) is 45.2 Å². The number of hydrogen-bond acceptors (Lipinski definition) is 3. The summed E-state index contributed by atoms with van der Waals surface area (Å²) in [6.45, 7) is 1.75. The van der Waals surface area contributed by atoms with E-state index in [0.717, 1.165) is 19.0 Å². The van der Waals surface area contributed by atoms with Gasteiger partial charge in [-0.3, -0.25) is 4.79 Å². The first-order valence-corrected chi connectivity index (χ1v) is 8.56. The Hall–Kier alpha value is -0.940. The normalized spacial score (nSPS) is 16.1. The van der Waals surface area contributed by atoms with Gasteiger partial charge in [-0.25, -0.2) is 4.98 Å². The SMILES string of the molecule is CN(CCCNC(=O)c1cccnc1Br)C1CCCCC1. The van der Waals surface area contributed by atoms with E-state index in [0.29, 0.717) is 16.7 Å². The van der Waals surface area contributed by atoms with E-state index < -0.39 is 0 Å². The molecule has 0 aromatic carbocycles. The van der Waals surface area contributed by atoms with Gasteiger partial charge in [-0.05, 0) is 60.9 Å². The zero-order valence-corrected chi connectivity index (χ0v) is 14.2. The van der Waals surface area contributed by atoms with Gasteiger partial charge in [0.1, 0.15) is 4.60 Å². The lowest BCUT2D eigenvalue weighted by atomic mass is 9.94. The van der Waals surface area contributed by atoms with E-state index in [1.807, 2.05) is 0 Å². The molecule has 0 saturated heterocycles. The Labute approximate surface area is 135 Å². The van der Waals surface area contributed by atoms with Crippen molar-refractivity contribution >= 4 is 21.8 Å². The number of nitrogens with one attached hydrogen (secondary N) is 1. The molecule has 1 heterocycles. The molecule has 1 aliphatic carbocycles. The van der Waals surface area contributed by atoms with E-state index >= 15 is 0 Å². The van der Waals surface area contributed by atoms with E-state index in [-0.39, 0.29) is 5.91 Å². The molecule has 0 atom stereocenters. The Balaban J connectivity index is 1.67. The van der Waals surface area contributed by atoms with Crippen LogP contribution in [-0.2, 0) is 0 Å². The Morgan fingerprint density at radius 1 is 1.43 bits per heavy atom. The molecule has 1 fully saturated rings. The van der Waals surface area contributed by atoms with Crippen LogP contribution in [0.25, 0.3) is 0 Å². The molecule has 4 nitrogen and oxygen atoms in total. The predicted octanol–water partition coefficient (Wildman–Crippen LogP) is 3.23. The number of carbonyl (C=O) groups is 1. The number of rotatable bonds is 6. The summed E-state index contributed by atoms with van der Waals surface area (Å²) in [6.07, 6.45) is 9.41. The third-order valence-corrected chi connectivity index (χ3v) is 4.81. The standard InChI is InChI=1S/C16H24BrN3O/c1-20(13-7-3-2-4-8-13)12-6-11-19-16(21)14-9-5-10-18-15(14)17/h5,9-10,13H,2-4,6-8,11-12H2,1H3,(H,19,21). The summed E-state index contributed by atoms with van der Waals surface area (Å²) in [4.78, 5) is 18.5. The van der Waals surface area contributed by atoms with Crippen molar-refractivity contribution in [1.82, 2.24) is 15.2 Å². The summed E-state index contributed by atoms with van der Waals surface area (Å²) >= 11 is 3.30. The lowest BCUT2D eigenvalue weighted by molar-refractivity contribution is 0.0949. The third kappa shape index (κ3) is 5.08. The zero-order chi connectivity index (χ0) is 15.1. The Kier molecular flexibility index (Phi) is 6.64. The molecule has 1 aromatic rings. The number of carbonyl (C=O) groups excluding carboxylic acids is 1. The molecule has 5 heteroatoms. The highest BCUT2D eigenvalue weighted by atomic mass is 79.9. The molecule has 0 bridgehead atoms. The first-order chi connectivity index (χ1) is 10.2. The summed E-state index contributed by atoms with van der Waals surface area (Å²) in [6, 6.07) is 4.29. The fourth-order valence-electron chi connectivity index (χ4n) is 2.89. The summed E-state index contributed by atoms with van der Waals surface area (Å²) < 4.78 is 0.599. The minimum absolute atomic E-state index is 0.0599. The van der Waals surface area contributed by atoms with Gasteiger partial charge in [-0.1, -0.05) is 19.3 Å². The van der Waals surface area contributed by atoms with Gasteiger partial charge in [0.15, 0.2) is 0 Å². The predicted molar refractivity (Wildman–Crippen MR) is 88.4 cm³/mol. The van der Waals surface area contributed by atoms with Crippen LogP contribution >= 0.6 is 15.9 Å². The quantitative estimate of drug-likeness (QED) is 0.630. The largest absolute Gasteiger partial charge is 0.352 e. The number of aromatic nitrogens is 1. The van der Waals surface area contributed by atoms with Crippen LogP contribution in [0, 0.1) is 0 Å². The van der Waals surface area contributed by atoms with Gasteiger partial charge in [0.25, 0.3) is 5.91 Å². The van der Waals surface area contributed by atoms with Crippen LogP contribution in [0.3, 0.4) is 0 Å². The molecule has 21 heavy (non-hydrogen) atoms. The first kappa shape index (κ1) is 16.4. The second-order valence-electron chi connectivity index (χ2n) is 5.72. The second kappa shape index (κ2) is 8.49. The van der Waals surface area contributed by atoms with E-state index in [1.165, 1.54) is 32.1 Å². The number of hydrogen-bond donors (Lipinski definition) is 1. The molecule has 1 N–H and O–H groups in total. The van der Waals surface area contributed by atoms with Gasteiger partial charge in [0.2, 0.25) is 0 Å². The number of amides is 1. The molecule has 1 aromatic heterocycles. The molecular weight excluding hydrogens is 330 g/mol. The van der Waals surface area contributed by atoms with Crippen LogP contribution in [-0.4, -0.2) is 42.0 Å². The molecule has 1 amide bonds. The maximum Gasteiger partial charge on any atom is 0.254 e. The second-order valence-corrected chi connectivity index (χ2v) is 6.47. The van der Waals surface area contributed by atoms with E-state index in [2.05, 4.69) is 38.2 Å². The molecule has 2 rings (SSSR count). The number of halogens is 1. The zero-order valence-electron chi connectivity index (χ0n) is 12.6. The molecule has 0 unspecified atom stereocenters. The molecular formula is C16H24BrN3O. The monoisotopic (exact) mass is 353 g/mol. The maximum absolute atomic E-state index is 12.0. The number of pyridine rings is 1. The van der Waals surface area contributed by atoms with Crippen LogP contribution in [0.2, 0.25) is 0 Å². The summed E-state index contributed by atoms with van der Waals surface area (Å²) in [7, 11) is 2.20. The van der Waals surface area contributed by atoms with Gasteiger partial charge >= 0.3 is 0 Å². The third-order valence-electron chi connectivity index (χ3n) is 4.17. The lowest BCUT2D eigenvalue weighted by Gasteiger charge is -2.31. The smallest absolute Gasteiger partial charge is 0.254 e. The molecule has 1 saturated carbocycles. The van der Waals surface area contributed by atoms with Gasteiger partial charge in [-0.2, -0.15) is 0 Å². The summed E-state index contributed by atoms with van der Waals surface area (Å²) in [5.74, 6) is -0.0599. The van der Waals surface area contributed by atoms with Gasteiger partial charge in [-0.15, -0.1) is 0 Å². The minimum Gasteiger partial charge on any atom is -0.352 e. The van der Waals surface area contributed by atoms with Crippen LogP contribution in [0.1, 0.15) is 48.9 Å². The Morgan fingerprint density at radius 3 is 2.90 bits per heavy atom. The van der Waals surface area contributed by atoms with Crippen molar-refractivity contribution in [1.29, 1.82) is 0 Å². The van der Waals surface area contributed by atoms with Crippen LogP contribution in [0.15, 0.2) is 22.9 Å². The van der Waals surface area contributed by atoms with Crippen molar-refractivity contribution in [2.24, 2.45) is 0 Å². The molecule has 0 aliphatic heterocycles. The Morgan fingerprint density at radius 2 is 2.19 bits per heavy atom. The average molecular weight is 354 g/mol. The van der Waals surface area contributed by atoms with Crippen molar-refractivity contribution in [2.75, 3.05) is 20.1 Å². The van der Waals surface area contributed by atoms with Crippen molar-refractivity contribution in [3.8, 4) is 0 Å². The van der Waals surface area contributed by atoms with Crippen LogP contribution in [0.4, 0.5) is 0 Å². The lowest BCUT2D eigenvalue weighted by Crippen LogP contribution is -2.35. The average Bonchev–Trinajstić information content (AvgIpc) is 2.52. The van der Waals surface area contributed by atoms with E-state index in [9.17, 15) is 4.79 Å². The molecule has 0 radical (unpaired) electrons. The summed E-state index contributed by atoms with van der Waals surface area (Å²) in [5, 5.41) is 2.96. The molecule has 116 valence electrons. The fourth-order valence-corrected chi connectivity index (χ4v) is 3.32.